The lowest BCUT2D eigenvalue weighted by Crippen LogP contribution is -2.15. The van der Waals surface area contributed by atoms with Crippen molar-refractivity contribution < 1.29 is 8.78 Å². The predicted octanol–water partition coefficient (Wildman–Crippen LogP) is 8.34. The fourth-order valence-electron chi connectivity index (χ4n) is 3.46. The number of hydrogen-bond acceptors (Lipinski definition) is 1. The number of anilines is 3. The molecule has 0 radical (unpaired) electrons. The average molecular weight is 408 g/mol. The highest BCUT2D eigenvalue weighted by molar-refractivity contribution is 5.77. The Morgan fingerprint density at radius 2 is 1.00 bits per heavy atom. The second-order valence-electron chi connectivity index (χ2n) is 9.98. The van der Waals surface area contributed by atoms with E-state index in [0.29, 0.717) is 11.3 Å². The summed E-state index contributed by atoms with van der Waals surface area (Å²) in [5.41, 5.74) is 4.85. The van der Waals surface area contributed by atoms with E-state index in [1.54, 1.807) is 13.0 Å². The molecular weight excluding hydrogens is 376 g/mol. The summed E-state index contributed by atoms with van der Waals surface area (Å²) in [5, 5.41) is 0. The van der Waals surface area contributed by atoms with Crippen molar-refractivity contribution in [1.29, 1.82) is 0 Å². The third-order valence-corrected chi connectivity index (χ3v) is 5.45. The third kappa shape index (κ3) is 4.56. The zero-order valence-corrected chi connectivity index (χ0v) is 19.0. The molecule has 0 spiro atoms. The van der Waals surface area contributed by atoms with Crippen molar-refractivity contribution in [3.63, 3.8) is 0 Å². The molecule has 0 heterocycles. The number of hydrogen-bond donors (Lipinski definition) is 0. The maximum atomic E-state index is 14.9. The molecule has 0 bridgehead atoms. The van der Waals surface area contributed by atoms with Crippen LogP contribution in [0.25, 0.3) is 0 Å². The predicted molar refractivity (Wildman–Crippen MR) is 123 cm³/mol. The van der Waals surface area contributed by atoms with Crippen LogP contribution in [0.4, 0.5) is 25.8 Å². The lowest BCUT2D eigenvalue weighted by molar-refractivity contribution is 0.578. The summed E-state index contributed by atoms with van der Waals surface area (Å²) in [4.78, 5) is 1.85. The smallest absolute Gasteiger partial charge is 0.150 e. The molecule has 3 aromatic rings. The van der Waals surface area contributed by atoms with Gasteiger partial charge in [-0.15, -0.1) is 0 Å². The monoisotopic (exact) mass is 407 g/mol. The number of halogens is 2. The van der Waals surface area contributed by atoms with E-state index in [4.69, 9.17) is 0 Å². The van der Waals surface area contributed by atoms with Crippen molar-refractivity contribution >= 4 is 17.1 Å². The fraction of sp³-hybridized carbons (Fsp3) is 0.333. The Kier molecular flexibility index (Phi) is 5.77. The number of rotatable bonds is 3. The molecule has 0 aliphatic carbocycles. The van der Waals surface area contributed by atoms with Crippen molar-refractivity contribution in [2.45, 2.75) is 59.3 Å². The Labute approximate surface area is 179 Å². The molecule has 0 saturated heterocycles. The van der Waals surface area contributed by atoms with Crippen LogP contribution >= 0.6 is 0 Å². The van der Waals surface area contributed by atoms with Crippen LogP contribution in [0.5, 0.6) is 0 Å². The van der Waals surface area contributed by atoms with E-state index in [2.05, 4.69) is 65.8 Å². The SMILES string of the molecule is Cc1cc(N(c2ccc(C(C)(C)C)cc2)c2ccc(C(C)(C)C)cc2)c(F)cc1F. The van der Waals surface area contributed by atoms with Gasteiger partial charge in [0.15, 0.2) is 0 Å². The van der Waals surface area contributed by atoms with Crippen molar-refractivity contribution in [2.75, 3.05) is 4.90 Å². The van der Waals surface area contributed by atoms with Gasteiger partial charge in [-0.1, -0.05) is 65.8 Å². The van der Waals surface area contributed by atoms with E-state index in [9.17, 15) is 8.78 Å². The molecule has 0 saturated carbocycles. The van der Waals surface area contributed by atoms with Gasteiger partial charge in [-0.05, 0) is 64.8 Å². The van der Waals surface area contributed by atoms with Crippen LogP contribution in [-0.2, 0) is 10.8 Å². The molecule has 0 unspecified atom stereocenters. The van der Waals surface area contributed by atoms with Crippen LogP contribution in [0, 0.1) is 18.6 Å². The molecule has 1 nitrogen and oxygen atoms in total. The van der Waals surface area contributed by atoms with Gasteiger partial charge in [0.05, 0.1) is 5.69 Å². The second kappa shape index (κ2) is 7.86. The maximum Gasteiger partial charge on any atom is 0.150 e. The van der Waals surface area contributed by atoms with Gasteiger partial charge in [-0.3, -0.25) is 0 Å². The molecule has 30 heavy (non-hydrogen) atoms. The summed E-state index contributed by atoms with van der Waals surface area (Å²) in [6.07, 6.45) is 0. The van der Waals surface area contributed by atoms with Gasteiger partial charge < -0.3 is 4.90 Å². The highest BCUT2D eigenvalue weighted by atomic mass is 19.1. The number of benzene rings is 3. The van der Waals surface area contributed by atoms with Crippen LogP contribution in [-0.4, -0.2) is 0 Å². The zero-order chi connectivity index (χ0) is 22.3. The Morgan fingerprint density at radius 1 is 0.600 bits per heavy atom. The summed E-state index contributed by atoms with van der Waals surface area (Å²) >= 11 is 0. The fourth-order valence-corrected chi connectivity index (χ4v) is 3.46. The first-order chi connectivity index (χ1) is 13.9. The van der Waals surface area contributed by atoms with E-state index in [0.717, 1.165) is 17.4 Å². The normalized spacial score (nSPS) is 12.2. The van der Waals surface area contributed by atoms with Gasteiger partial charge in [-0.2, -0.15) is 0 Å². The summed E-state index contributed by atoms with van der Waals surface area (Å²) < 4.78 is 28.8. The number of nitrogens with zero attached hydrogens (tertiary/aromatic N) is 1. The molecule has 0 atom stereocenters. The number of aryl methyl sites for hydroxylation is 1. The Bertz CT molecular complexity index is 963. The Balaban J connectivity index is 2.16. The largest absolute Gasteiger partial charge is 0.308 e. The van der Waals surface area contributed by atoms with Gasteiger partial charge in [-0.25, -0.2) is 8.78 Å². The zero-order valence-electron chi connectivity index (χ0n) is 19.0. The first-order valence-electron chi connectivity index (χ1n) is 10.3. The van der Waals surface area contributed by atoms with E-state index in [1.165, 1.54) is 11.1 Å². The summed E-state index contributed by atoms with van der Waals surface area (Å²) in [7, 11) is 0. The Morgan fingerprint density at radius 3 is 1.37 bits per heavy atom. The van der Waals surface area contributed by atoms with Crippen LogP contribution in [0.1, 0.15) is 58.2 Å². The van der Waals surface area contributed by atoms with Crippen LogP contribution in [0.3, 0.4) is 0 Å². The van der Waals surface area contributed by atoms with Crippen LogP contribution in [0.2, 0.25) is 0 Å². The molecular formula is C27H31F2N. The second-order valence-corrected chi connectivity index (χ2v) is 9.98. The van der Waals surface area contributed by atoms with Gasteiger partial charge in [0.2, 0.25) is 0 Å². The van der Waals surface area contributed by atoms with Crippen LogP contribution in [0.15, 0.2) is 60.7 Å². The molecule has 0 N–H and O–H groups in total. The topological polar surface area (TPSA) is 3.24 Å². The lowest BCUT2D eigenvalue weighted by Gasteiger charge is -2.28. The van der Waals surface area contributed by atoms with Gasteiger partial charge in [0.1, 0.15) is 11.6 Å². The van der Waals surface area contributed by atoms with Gasteiger partial charge in [0.25, 0.3) is 0 Å². The maximum absolute atomic E-state index is 14.9. The molecule has 0 aromatic heterocycles. The molecule has 3 rings (SSSR count). The molecule has 0 aliphatic heterocycles. The van der Waals surface area contributed by atoms with Crippen LogP contribution < -0.4 is 4.90 Å². The van der Waals surface area contributed by atoms with Crippen molar-refractivity contribution in [2.24, 2.45) is 0 Å². The molecule has 3 heteroatoms. The van der Waals surface area contributed by atoms with Gasteiger partial charge >= 0.3 is 0 Å². The first-order valence-corrected chi connectivity index (χ1v) is 10.3. The summed E-state index contributed by atoms with van der Waals surface area (Å²) in [5.74, 6) is -1.12. The standard InChI is InChI=1S/C27H31F2N/c1-18-16-25(24(29)17-23(18)28)30(21-12-8-19(9-13-21)26(2,3)4)22-14-10-20(11-15-22)27(5,6)7/h8-17H,1-7H3. The minimum absolute atomic E-state index is 0.0232. The molecule has 158 valence electrons. The quantitative estimate of drug-likeness (QED) is 0.422. The van der Waals surface area contributed by atoms with Crippen molar-refractivity contribution in [1.82, 2.24) is 0 Å². The van der Waals surface area contributed by atoms with E-state index in [1.807, 2.05) is 29.2 Å². The molecule has 0 fully saturated rings. The lowest BCUT2D eigenvalue weighted by atomic mass is 9.86. The molecule has 0 amide bonds. The van der Waals surface area contributed by atoms with E-state index >= 15 is 0 Å². The Hall–Kier alpha value is -2.68. The first kappa shape index (κ1) is 22.0. The molecule has 0 aliphatic rings. The minimum atomic E-state index is -0.585. The van der Waals surface area contributed by atoms with E-state index in [-0.39, 0.29) is 10.8 Å². The van der Waals surface area contributed by atoms with Crippen molar-refractivity contribution in [3.05, 3.63) is 89.0 Å². The summed E-state index contributed by atoms with van der Waals surface area (Å²) in [6.45, 7) is 14.6. The van der Waals surface area contributed by atoms with Gasteiger partial charge in [0, 0.05) is 17.4 Å². The van der Waals surface area contributed by atoms with Crippen molar-refractivity contribution in [3.8, 4) is 0 Å². The minimum Gasteiger partial charge on any atom is -0.308 e. The highest BCUT2D eigenvalue weighted by Crippen LogP contribution is 2.38. The third-order valence-electron chi connectivity index (χ3n) is 5.45. The average Bonchev–Trinajstić information content (AvgIpc) is 2.65. The van der Waals surface area contributed by atoms with E-state index < -0.39 is 11.6 Å². The molecule has 3 aromatic carbocycles. The highest BCUT2D eigenvalue weighted by Gasteiger charge is 2.21. The summed E-state index contributed by atoms with van der Waals surface area (Å²) in [6, 6.07) is 18.8.